The van der Waals surface area contributed by atoms with Crippen LogP contribution in [0.15, 0.2) is 97.4 Å². The van der Waals surface area contributed by atoms with Crippen molar-refractivity contribution in [1.82, 2.24) is 15.3 Å². The van der Waals surface area contributed by atoms with Gasteiger partial charge in [-0.25, -0.2) is 4.98 Å². The highest BCUT2D eigenvalue weighted by atomic mass is 16.5. The zero-order chi connectivity index (χ0) is 20.9. The predicted molar refractivity (Wildman–Crippen MR) is 118 cm³/mol. The van der Waals surface area contributed by atoms with E-state index in [0.717, 1.165) is 22.2 Å². The van der Waals surface area contributed by atoms with E-state index >= 15 is 0 Å². The second-order valence-electron chi connectivity index (χ2n) is 6.77. The van der Waals surface area contributed by atoms with E-state index in [0.29, 0.717) is 17.0 Å². The van der Waals surface area contributed by atoms with Crippen molar-refractivity contribution in [1.29, 1.82) is 0 Å². The van der Waals surface area contributed by atoms with Crippen LogP contribution in [-0.4, -0.2) is 23.0 Å². The monoisotopic (exact) mass is 395 g/mol. The average molecular weight is 395 g/mol. The molecule has 0 saturated carbocycles. The van der Waals surface area contributed by atoms with E-state index in [2.05, 4.69) is 16.9 Å². The minimum atomic E-state index is -0.573. The molecule has 2 heterocycles. The van der Waals surface area contributed by atoms with Crippen LogP contribution in [0.4, 0.5) is 0 Å². The molecule has 0 fully saturated rings. The zero-order valence-electron chi connectivity index (χ0n) is 16.6. The summed E-state index contributed by atoms with van der Waals surface area (Å²) in [5, 5.41) is 3.79. The molecule has 0 aliphatic rings. The summed E-state index contributed by atoms with van der Waals surface area (Å²) in [7, 11) is 1.53. The van der Waals surface area contributed by atoms with Crippen LogP contribution in [0.2, 0.25) is 0 Å². The van der Waals surface area contributed by atoms with Crippen LogP contribution >= 0.6 is 0 Å². The van der Waals surface area contributed by atoms with Gasteiger partial charge in [-0.05, 0) is 24.3 Å². The molecule has 1 N–H and O–H groups in total. The van der Waals surface area contributed by atoms with E-state index in [1.165, 1.54) is 7.11 Å². The Morgan fingerprint density at radius 1 is 1.00 bits per heavy atom. The fraction of sp³-hybridized carbons (Fsp3) is 0.0800. The van der Waals surface area contributed by atoms with Gasteiger partial charge in [0.2, 0.25) is 0 Å². The van der Waals surface area contributed by atoms with Crippen molar-refractivity contribution in [2.24, 2.45) is 0 Å². The van der Waals surface area contributed by atoms with E-state index in [1.54, 1.807) is 6.20 Å². The molecule has 1 unspecified atom stereocenters. The molecule has 5 nitrogen and oxygen atoms in total. The average Bonchev–Trinajstić information content (AvgIpc) is 2.82. The van der Waals surface area contributed by atoms with E-state index in [4.69, 9.17) is 9.72 Å². The number of hydrogen-bond acceptors (Lipinski definition) is 4. The lowest BCUT2D eigenvalue weighted by molar-refractivity contribution is 0.0929. The quantitative estimate of drug-likeness (QED) is 0.470. The van der Waals surface area contributed by atoms with Crippen LogP contribution in [0, 0.1) is 0 Å². The summed E-state index contributed by atoms with van der Waals surface area (Å²) in [5.74, 6) is 0.156. The number of nitrogens with zero attached hydrogens (tertiary/aromatic N) is 2. The first kappa shape index (κ1) is 19.3. The number of ether oxygens (including phenoxy) is 1. The van der Waals surface area contributed by atoms with Gasteiger partial charge in [0, 0.05) is 17.1 Å². The first-order valence-corrected chi connectivity index (χ1v) is 9.57. The Labute approximate surface area is 175 Å². The maximum Gasteiger partial charge on any atom is 0.252 e. The number of carbonyl (C=O) groups excluding carboxylic acids is 1. The van der Waals surface area contributed by atoms with E-state index < -0.39 is 6.04 Å². The van der Waals surface area contributed by atoms with Crippen molar-refractivity contribution in [3.8, 4) is 11.3 Å². The number of fused-ring (bicyclic) bond motifs is 1. The lowest BCUT2D eigenvalue weighted by Crippen LogP contribution is -2.31. The molecule has 4 rings (SSSR count). The lowest BCUT2D eigenvalue weighted by Gasteiger charge is -2.20. The number of aromatic nitrogens is 2. The molecule has 0 aliphatic heterocycles. The Bertz CT molecular complexity index is 1190. The third-order valence-electron chi connectivity index (χ3n) is 4.87. The molecular weight excluding hydrogens is 374 g/mol. The second kappa shape index (κ2) is 8.57. The highest BCUT2D eigenvalue weighted by Crippen LogP contribution is 2.26. The molecule has 4 aromatic rings. The van der Waals surface area contributed by atoms with Crippen molar-refractivity contribution in [2.45, 2.75) is 6.04 Å². The van der Waals surface area contributed by atoms with Crippen molar-refractivity contribution < 1.29 is 9.53 Å². The van der Waals surface area contributed by atoms with Gasteiger partial charge in [0.05, 0.1) is 29.6 Å². The summed E-state index contributed by atoms with van der Waals surface area (Å²) in [5.41, 5.74) is 3.62. The fourth-order valence-electron chi connectivity index (χ4n) is 3.31. The zero-order valence-corrected chi connectivity index (χ0v) is 16.6. The second-order valence-corrected chi connectivity index (χ2v) is 6.77. The summed E-state index contributed by atoms with van der Waals surface area (Å²) in [6.45, 7) is 3.93. The van der Waals surface area contributed by atoms with Gasteiger partial charge in [-0.3, -0.25) is 9.78 Å². The van der Waals surface area contributed by atoms with Gasteiger partial charge >= 0.3 is 0 Å². The third kappa shape index (κ3) is 3.91. The molecule has 1 amide bonds. The van der Waals surface area contributed by atoms with Crippen LogP contribution in [0.1, 0.15) is 22.1 Å². The van der Waals surface area contributed by atoms with Gasteiger partial charge in [-0.15, -0.1) is 0 Å². The Hall–Kier alpha value is -3.99. The molecule has 0 radical (unpaired) electrons. The normalized spacial score (nSPS) is 11.6. The Kier molecular flexibility index (Phi) is 5.52. The van der Waals surface area contributed by atoms with Crippen molar-refractivity contribution in [3.63, 3.8) is 0 Å². The first-order valence-electron chi connectivity index (χ1n) is 9.57. The van der Waals surface area contributed by atoms with Crippen molar-refractivity contribution in [3.05, 3.63) is 109 Å². The summed E-state index contributed by atoms with van der Waals surface area (Å²) >= 11 is 0. The number of para-hydroxylation sites is 1. The maximum absolute atomic E-state index is 13.4. The molecule has 2 aromatic carbocycles. The number of hydrogen-bond donors (Lipinski definition) is 1. The van der Waals surface area contributed by atoms with Crippen molar-refractivity contribution in [2.75, 3.05) is 7.11 Å². The number of carbonyl (C=O) groups is 1. The van der Waals surface area contributed by atoms with Gasteiger partial charge in [-0.2, -0.15) is 0 Å². The largest absolute Gasteiger partial charge is 0.499 e. The number of rotatable bonds is 6. The molecule has 0 spiro atoms. The topological polar surface area (TPSA) is 64.1 Å². The fourth-order valence-corrected chi connectivity index (χ4v) is 3.31. The third-order valence-corrected chi connectivity index (χ3v) is 4.87. The SMILES string of the molecule is C=C(OC)C(NC(=O)c1cc(-c2ccccc2)nc2ccccc12)c1ccccn1. The molecule has 148 valence electrons. The van der Waals surface area contributed by atoms with Crippen LogP contribution in [0.5, 0.6) is 0 Å². The minimum Gasteiger partial charge on any atom is -0.499 e. The van der Waals surface area contributed by atoms with Gasteiger partial charge < -0.3 is 10.1 Å². The van der Waals surface area contributed by atoms with E-state index in [1.807, 2.05) is 78.9 Å². The van der Waals surface area contributed by atoms with Gasteiger partial charge in [0.1, 0.15) is 11.8 Å². The number of methoxy groups -OCH3 is 1. The Morgan fingerprint density at radius 2 is 1.73 bits per heavy atom. The molecule has 2 aromatic heterocycles. The van der Waals surface area contributed by atoms with Crippen LogP contribution < -0.4 is 5.32 Å². The highest BCUT2D eigenvalue weighted by Gasteiger charge is 2.22. The molecule has 0 bridgehead atoms. The molecule has 0 aliphatic carbocycles. The highest BCUT2D eigenvalue weighted by molar-refractivity contribution is 6.07. The molecule has 30 heavy (non-hydrogen) atoms. The van der Waals surface area contributed by atoms with Crippen LogP contribution in [0.25, 0.3) is 22.2 Å². The van der Waals surface area contributed by atoms with Gasteiger partial charge in [0.15, 0.2) is 0 Å². The first-order chi connectivity index (χ1) is 14.7. The number of amides is 1. The molecular formula is C25H21N3O2. The lowest BCUT2D eigenvalue weighted by atomic mass is 10.0. The van der Waals surface area contributed by atoms with Crippen LogP contribution in [0.3, 0.4) is 0 Å². The number of nitrogens with one attached hydrogen (secondary N) is 1. The minimum absolute atomic E-state index is 0.250. The number of benzene rings is 2. The summed E-state index contributed by atoms with van der Waals surface area (Å²) in [4.78, 5) is 22.5. The Morgan fingerprint density at radius 3 is 2.47 bits per heavy atom. The van der Waals surface area contributed by atoms with Crippen LogP contribution in [-0.2, 0) is 4.74 Å². The van der Waals surface area contributed by atoms with Gasteiger partial charge in [-0.1, -0.05) is 61.2 Å². The van der Waals surface area contributed by atoms with E-state index in [9.17, 15) is 4.79 Å². The molecule has 5 heteroatoms. The number of pyridine rings is 2. The maximum atomic E-state index is 13.4. The van der Waals surface area contributed by atoms with Gasteiger partial charge in [0.25, 0.3) is 5.91 Å². The molecule has 0 saturated heterocycles. The molecule has 1 atom stereocenters. The smallest absolute Gasteiger partial charge is 0.252 e. The van der Waals surface area contributed by atoms with E-state index in [-0.39, 0.29) is 5.91 Å². The summed E-state index contributed by atoms with van der Waals surface area (Å²) in [6.07, 6.45) is 1.67. The Balaban J connectivity index is 1.77. The predicted octanol–water partition coefficient (Wildman–Crippen LogP) is 4.93. The standard InChI is InChI=1S/C25H21N3O2/c1-17(30-2)24(22-14-8-9-15-26-22)28-25(29)20-16-23(18-10-4-3-5-11-18)27-21-13-7-6-12-19(20)21/h3-16,24H,1H2,2H3,(H,28,29). The summed E-state index contributed by atoms with van der Waals surface area (Å²) < 4.78 is 5.32. The summed E-state index contributed by atoms with van der Waals surface area (Å²) in [6, 6.07) is 24.2. The van der Waals surface area contributed by atoms with Crippen molar-refractivity contribution >= 4 is 16.8 Å².